The highest BCUT2D eigenvalue weighted by Gasteiger charge is 1.93. The van der Waals surface area contributed by atoms with Crippen LogP contribution >= 0.6 is 0 Å². The van der Waals surface area contributed by atoms with Crippen LogP contribution in [0.2, 0.25) is 0 Å². The number of hydrogen-bond acceptors (Lipinski definition) is 3. The molecule has 0 aliphatic rings. The van der Waals surface area contributed by atoms with Crippen LogP contribution in [0.4, 0.5) is 0 Å². The first-order valence-corrected chi connectivity index (χ1v) is 3.53. The Labute approximate surface area is 52.4 Å². The van der Waals surface area contributed by atoms with Crippen LogP contribution in [-0.2, 0) is 14.8 Å². The predicted molar refractivity (Wildman–Crippen MR) is 31.4 cm³/mol. The van der Waals surface area contributed by atoms with Gasteiger partial charge in [-0.1, -0.05) is 0 Å². The average Bonchev–Trinajstić information content (AvgIpc) is 1.59. The maximum atomic E-state index is 10.0. The average molecular weight is 150 g/mol. The number of carbonyl (C=O) groups excluding carboxylic acids is 1. The maximum absolute atomic E-state index is 10.0. The van der Waals surface area contributed by atoms with Gasteiger partial charge in [-0.3, -0.25) is 4.79 Å². The molecule has 0 atom stereocenters. The lowest BCUT2D eigenvalue weighted by molar-refractivity contribution is -0.113. The van der Waals surface area contributed by atoms with Crippen molar-refractivity contribution in [3.8, 4) is 0 Å². The van der Waals surface area contributed by atoms with E-state index in [2.05, 4.69) is 10.9 Å². The fourth-order valence-electron chi connectivity index (χ4n) is 0.162. The van der Waals surface area contributed by atoms with E-state index in [4.69, 9.17) is 0 Å². The minimum absolute atomic E-state index is 0.537. The van der Waals surface area contributed by atoms with E-state index >= 15 is 0 Å². The summed E-state index contributed by atoms with van der Waals surface area (Å²) in [6, 6.07) is 0. The van der Waals surface area contributed by atoms with Crippen molar-refractivity contribution in [2.75, 3.05) is 0 Å². The number of hydrogen-bond donors (Lipinski definition) is 2. The first-order valence-electron chi connectivity index (χ1n) is 1.92. The molecule has 0 unspecified atom stereocenters. The van der Waals surface area contributed by atoms with Gasteiger partial charge in [0.2, 0.25) is 15.9 Å². The Hall–Kier alpha value is -0.880. The molecule has 9 heavy (non-hydrogen) atoms. The van der Waals surface area contributed by atoms with Crippen molar-refractivity contribution in [1.82, 2.24) is 0 Å². The van der Waals surface area contributed by atoms with Gasteiger partial charge in [0.1, 0.15) is 0 Å². The molecule has 0 aliphatic heterocycles. The topological polar surface area (TPSA) is 103 Å². The van der Waals surface area contributed by atoms with Gasteiger partial charge in [-0.05, 0) is 0 Å². The highest BCUT2D eigenvalue weighted by molar-refractivity contribution is 7.92. The van der Waals surface area contributed by atoms with Crippen molar-refractivity contribution in [1.29, 1.82) is 0 Å². The molecular weight excluding hydrogens is 144 g/mol. The molecule has 1 amide bonds. The van der Waals surface area contributed by atoms with Crippen molar-refractivity contribution >= 4 is 15.9 Å². The molecule has 0 saturated carbocycles. The van der Waals surface area contributed by atoms with Crippen molar-refractivity contribution < 1.29 is 13.2 Å². The van der Waals surface area contributed by atoms with Crippen LogP contribution in [0.3, 0.4) is 0 Å². The molecule has 0 aromatic rings. The highest BCUT2D eigenvalue weighted by atomic mass is 32.2. The predicted octanol–water partition coefficient (Wildman–Crippen LogP) is -1.73. The Bertz CT molecular complexity index is 227. The second-order valence-corrected chi connectivity index (χ2v) is 2.74. The number of nitrogens with two attached hydrogens (primary N) is 2. The molecule has 0 fully saturated rings. The third-order valence-electron chi connectivity index (χ3n) is 0.422. The van der Waals surface area contributed by atoms with E-state index in [0.29, 0.717) is 11.5 Å². The summed E-state index contributed by atoms with van der Waals surface area (Å²) in [7, 11) is -3.70. The summed E-state index contributed by atoms with van der Waals surface area (Å²) in [5.41, 5.74) is 4.55. The van der Waals surface area contributed by atoms with Gasteiger partial charge in [-0.2, -0.15) is 0 Å². The fourth-order valence-corrected chi connectivity index (χ4v) is 0.486. The van der Waals surface area contributed by atoms with Crippen LogP contribution < -0.4 is 10.9 Å². The van der Waals surface area contributed by atoms with E-state index in [1.54, 1.807) is 0 Å². The maximum Gasteiger partial charge on any atom is 0.242 e. The Morgan fingerprint density at radius 1 is 1.44 bits per heavy atom. The summed E-state index contributed by atoms with van der Waals surface area (Å²) in [4.78, 5) is 9.86. The van der Waals surface area contributed by atoms with E-state index in [0.717, 1.165) is 0 Å². The van der Waals surface area contributed by atoms with E-state index in [-0.39, 0.29) is 0 Å². The summed E-state index contributed by atoms with van der Waals surface area (Å²) in [5, 5.41) is 5.00. The SMILES string of the molecule is NC(=O)C=CS(N)(=O)=O. The number of sulfonamides is 1. The van der Waals surface area contributed by atoms with Gasteiger partial charge in [0, 0.05) is 6.08 Å². The van der Waals surface area contributed by atoms with Gasteiger partial charge in [-0.15, -0.1) is 0 Å². The number of rotatable bonds is 2. The molecule has 52 valence electrons. The molecule has 0 saturated heterocycles. The zero-order chi connectivity index (χ0) is 7.49. The molecule has 0 aromatic carbocycles. The molecule has 0 spiro atoms. The number of amides is 1. The molecule has 0 bridgehead atoms. The Morgan fingerprint density at radius 2 is 1.89 bits per heavy atom. The van der Waals surface area contributed by atoms with Gasteiger partial charge in [0.15, 0.2) is 0 Å². The minimum Gasteiger partial charge on any atom is -0.366 e. The molecule has 0 radical (unpaired) electrons. The van der Waals surface area contributed by atoms with E-state index < -0.39 is 15.9 Å². The highest BCUT2D eigenvalue weighted by Crippen LogP contribution is 1.77. The second-order valence-electron chi connectivity index (χ2n) is 1.29. The summed E-state index contributed by atoms with van der Waals surface area (Å²) in [6.07, 6.45) is 0.676. The molecule has 0 aromatic heterocycles. The van der Waals surface area contributed by atoms with Crippen molar-refractivity contribution in [3.63, 3.8) is 0 Å². The van der Waals surface area contributed by atoms with Crippen LogP contribution in [0, 0.1) is 0 Å². The van der Waals surface area contributed by atoms with E-state index in [9.17, 15) is 13.2 Å². The Balaban J connectivity index is 4.21. The molecule has 5 nitrogen and oxygen atoms in total. The monoisotopic (exact) mass is 150 g/mol. The number of primary amides is 1. The van der Waals surface area contributed by atoms with Crippen LogP contribution in [-0.4, -0.2) is 14.3 Å². The lowest BCUT2D eigenvalue weighted by atomic mass is 10.6. The number of primary sulfonamides is 1. The molecular formula is C3H6N2O3S. The summed E-state index contributed by atoms with van der Waals surface area (Å²) in [6.45, 7) is 0. The van der Waals surface area contributed by atoms with Gasteiger partial charge in [0.25, 0.3) is 0 Å². The largest absolute Gasteiger partial charge is 0.366 e. The van der Waals surface area contributed by atoms with Crippen molar-refractivity contribution in [3.05, 3.63) is 11.5 Å². The lowest BCUT2D eigenvalue weighted by Gasteiger charge is -1.81. The second kappa shape index (κ2) is 2.60. The molecule has 0 heterocycles. The third-order valence-corrected chi connectivity index (χ3v) is 0.937. The Kier molecular flexibility index (Phi) is 2.35. The van der Waals surface area contributed by atoms with Gasteiger partial charge >= 0.3 is 0 Å². The van der Waals surface area contributed by atoms with Crippen LogP contribution in [0.1, 0.15) is 0 Å². The normalized spacial score (nSPS) is 12.1. The quantitative estimate of drug-likeness (QED) is 0.457. The van der Waals surface area contributed by atoms with Crippen molar-refractivity contribution in [2.45, 2.75) is 0 Å². The van der Waals surface area contributed by atoms with Crippen LogP contribution in [0.5, 0.6) is 0 Å². The lowest BCUT2D eigenvalue weighted by Crippen LogP contribution is -2.11. The van der Waals surface area contributed by atoms with Crippen LogP contribution in [0.25, 0.3) is 0 Å². The summed E-state index contributed by atoms with van der Waals surface area (Å²) >= 11 is 0. The first-order chi connectivity index (χ1) is 3.92. The van der Waals surface area contributed by atoms with Gasteiger partial charge < -0.3 is 5.73 Å². The van der Waals surface area contributed by atoms with Crippen LogP contribution in [0.15, 0.2) is 11.5 Å². The first kappa shape index (κ1) is 8.12. The van der Waals surface area contributed by atoms with E-state index in [1.807, 2.05) is 0 Å². The summed E-state index contributed by atoms with van der Waals surface area (Å²) < 4.78 is 20.0. The Morgan fingerprint density at radius 3 is 2.00 bits per heavy atom. The standard InChI is InChI=1S/C3H6N2O3S/c4-3(6)1-2-9(5,7)8/h1-2H,(H2,4,6)(H2,5,7,8). The molecule has 6 heteroatoms. The van der Waals surface area contributed by atoms with Gasteiger partial charge in [0.05, 0.1) is 5.41 Å². The van der Waals surface area contributed by atoms with Crippen molar-refractivity contribution in [2.24, 2.45) is 10.9 Å². The zero-order valence-corrected chi connectivity index (χ0v) is 5.26. The smallest absolute Gasteiger partial charge is 0.242 e. The molecule has 0 rings (SSSR count). The third kappa shape index (κ3) is 7.12. The minimum atomic E-state index is -3.70. The van der Waals surface area contributed by atoms with Gasteiger partial charge in [-0.25, -0.2) is 13.6 Å². The fraction of sp³-hybridized carbons (Fsp3) is 0. The molecule has 0 aliphatic carbocycles. The molecule has 4 N–H and O–H groups in total. The zero-order valence-electron chi connectivity index (χ0n) is 4.44. The number of carbonyl (C=O) groups is 1. The van der Waals surface area contributed by atoms with E-state index in [1.165, 1.54) is 0 Å². The summed E-state index contributed by atoms with van der Waals surface area (Å²) in [5.74, 6) is -0.843.